The predicted octanol–water partition coefficient (Wildman–Crippen LogP) is 5.10. The average molecular weight is 481 g/mol. The molecule has 162 valence electrons. The standard InChI is InChI=1S/C19H17Cl2F3N2O3S/c1-18(29,19(22,23)24)17(28)25-12-8-9-13(15(21)14(12)20)30-11-6-4-10(5-7-11)16(27)26(2)3/h4-9,29H,1-3H3,(H,25,28). The van der Waals surface area contributed by atoms with Gasteiger partial charge < -0.3 is 15.3 Å². The second-order valence-electron chi connectivity index (χ2n) is 6.59. The minimum Gasteiger partial charge on any atom is -0.373 e. The highest BCUT2D eigenvalue weighted by Gasteiger charge is 2.55. The molecule has 30 heavy (non-hydrogen) atoms. The van der Waals surface area contributed by atoms with E-state index in [0.29, 0.717) is 17.4 Å². The Hall–Kier alpha value is -1.94. The van der Waals surface area contributed by atoms with Gasteiger partial charge in [-0.3, -0.25) is 9.59 Å². The zero-order chi connectivity index (χ0) is 22.9. The molecule has 1 atom stereocenters. The third-order valence-corrected chi connectivity index (χ3v) is 6.09. The van der Waals surface area contributed by atoms with E-state index < -0.39 is 17.7 Å². The largest absolute Gasteiger partial charge is 0.426 e. The van der Waals surface area contributed by atoms with Crippen LogP contribution in [0.5, 0.6) is 0 Å². The topological polar surface area (TPSA) is 69.6 Å². The van der Waals surface area contributed by atoms with Crippen LogP contribution in [-0.2, 0) is 4.79 Å². The van der Waals surface area contributed by atoms with E-state index in [9.17, 15) is 27.9 Å². The van der Waals surface area contributed by atoms with Gasteiger partial charge in [-0.15, -0.1) is 0 Å². The first kappa shape index (κ1) is 24.3. The summed E-state index contributed by atoms with van der Waals surface area (Å²) in [5.41, 5.74) is -3.27. The Kier molecular flexibility index (Phi) is 7.34. The highest BCUT2D eigenvalue weighted by atomic mass is 35.5. The van der Waals surface area contributed by atoms with Crippen LogP contribution in [0.3, 0.4) is 0 Å². The van der Waals surface area contributed by atoms with Crippen molar-refractivity contribution in [3.8, 4) is 0 Å². The number of hydrogen-bond acceptors (Lipinski definition) is 4. The molecule has 0 aliphatic heterocycles. The maximum absolute atomic E-state index is 12.8. The summed E-state index contributed by atoms with van der Waals surface area (Å²) in [6, 6.07) is 9.46. The van der Waals surface area contributed by atoms with E-state index in [1.54, 1.807) is 38.4 Å². The highest BCUT2D eigenvalue weighted by molar-refractivity contribution is 7.99. The summed E-state index contributed by atoms with van der Waals surface area (Å²) < 4.78 is 38.4. The van der Waals surface area contributed by atoms with Gasteiger partial charge in [-0.1, -0.05) is 35.0 Å². The van der Waals surface area contributed by atoms with Crippen molar-refractivity contribution in [2.75, 3.05) is 19.4 Å². The highest BCUT2D eigenvalue weighted by Crippen LogP contribution is 2.41. The maximum Gasteiger partial charge on any atom is 0.426 e. The molecule has 0 aromatic heterocycles. The van der Waals surface area contributed by atoms with Crippen LogP contribution in [0.25, 0.3) is 0 Å². The molecule has 0 radical (unpaired) electrons. The van der Waals surface area contributed by atoms with Gasteiger partial charge in [-0.25, -0.2) is 0 Å². The number of nitrogens with one attached hydrogen (secondary N) is 1. The minimum atomic E-state index is -5.16. The molecule has 11 heteroatoms. The van der Waals surface area contributed by atoms with Gasteiger partial charge in [0, 0.05) is 29.4 Å². The molecule has 0 bridgehead atoms. The molecular formula is C19H17Cl2F3N2O3S. The third kappa shape index (κ3) is 5.21. The van der Waals surface area contributed by atoms with Crippen molar-refractivity contribution < 1.29 is 27.9 Å². The molecule has 0 spiro atoms. The zero-order valence-corrected chi connectivity index (χ0v) is 18.3. The fraction of sp³-hybridized carbons (Fsp3) is 0.263. The van der Waals surface area contributed by atoms with Gasteiger partial charge in [-0.2, -0.15) is 13.2 Å². The van der Waals surface area contributed by atoms with Crippen molar-refractivity contribution in [1.82, 2.24) is 4.90 Å². The van der Waals surface area contributed by atoms with Crippen molar-refractivity contribution in [2.24, 2.45) is 0 Å². The van der Waals surface area contributed by atoms with Crippen molar-refractivity contribution in [1.29, 1.82) is 0 Å². The fourth-order valence-electron chi connectivity index (χ4n) is 2.13. The second kappa shape index (κ2) is 9.05. The summed E-state index contributed by atoms with van der Waals surface area (Å²) >= 11 is 13.5. The normalized spacial score (nSPS) is 13.5. The summed E-state index contributed by atoms with van der Waals surface area (Å²) in [4.78, 5) is 26.4. The Morgan fingerprint density at radius 3 is 2.10 bits per heavy atom. The number of hydrogen-bond donors (Lipinski definition) is 2. The number of nitrogens with zero attached hydrogens (tertiary/aromatic N) is 1. The van der Waals surface area contributed by atoms with E-state index >= 15 is 0 Å². The van der Waals surface area contributed by atoms with Gasteiger partial charge in [0.25, 0.3) is 11.8 Å². The first-order valence-electron chi connectivity index (χ1n) is 8.34. The molecule has 0 saturated heterocycles. The molecule has 2 aromatic carbocycles. The van der Waals surface area contributed by atoms with E-state index in [2.05, 4.69) is 0 Å². The monoisotopic (exact) mass is 480 g/mol. The SMILES string of the molecule is CN(C)C(=O)c1ccc(Sc2ccc(NC(=O)C(C)(O)C(F)(F)F)c(Cl)c2Cl)cc1. The molecule has 0 aliphatic rings. The molecule has 0 aliphatic carbocycles. The lowest BCUT2D eigenvalue weighted by atomic mass is 10.1. The van der Waals surface area contributed by atoms with Crippen LogP contribution in [-0.4, -0.2) is 47.7 Å². The summed E-state index contributed by atoms with van der Waals surface area (Å²) in [6.07, 6.45) is -5.16. The molecular weight excluding hydrogens is 464 g/mol. The molecule has 5 nitrogen and oxygen atoms in total. The molecule has 2 amide bonds. The molecule has 2 N–H and O–H groups in total. The van der Waals surface area contributed by atoms with Crippen molar-refractivity contribution in [2.45, 2.75) is 28.5 Å². The quantitative estimate of drug-likeness (QED) is 0.624. The Bertz CT molecular complexity index is 965. The van der Waals surface area contributed by atoms with E-state index in [1.165, 1.54) is 28.8 Å². The lowest BCUT2D eigenvalue weighted by molar-refractivity contribution is -0.242. The summed E-state index contributed by atoms with van der Waals surface area (Å²) in [5.74, 6) is -1.84. The number of alkyl halides is 3. The second-order valence-corrected chi connectivity index (χ2v) is 8.46. The van der Waals surface area contributed by atoms with Crippen LogP contribution < -0.4 is 5.32 Å². The number of anilines is 1. The molecule has 0 fully saturated rings. The summed E-state index contributed by atoms with van der Waals surface area (Å²) in [5, 5.41) is 11.2. The first-order valence-corrected chi connectivity index (χ1v) is 9.91. The van der Waals surface area contributed by atoms with E-state index in [4.69, 9.17) is 23.2 Å². The smallest absolute Gasteiger partial charge is 0.373 e. The first-order chi connectivity index (χ1) is 13.8. The number of aliphatic hydroxyl groups is 1. The van der Waals surface area contributed by atoms with Crippen molar-refractivity contribution in [3.05, 3.63) is 52.0 Å². The molecule has 2 aromatic rings. The fourth-order valence-corrected chi connectivity index (χ4v) is 3.53. The van der Waals surface area contributed by atoms with Crippen molar-refractivity contribution in [3.63, 3.8) is 0 Å². The summed E-state index contributed by atoms with van der Waals surface area (Å²) in [6.45, 7) is 0.340. The van der Waals surface area contributed by atoms with Crippen LogP contribution in [0.4, 0.5) is 18.9 Å². The number of halogens is 5. The predicted molar refractivity (Wildman–Crippen MR) is 110 cm³/mol. The zero-order valence-electron chi connectivity index (χ0n) is 16.0. The molecule has 0 saturated carbocycles. The minimum absolute atomic E-state index is 0.0135. The molecule has 0 heterocycles. The molecule has 2 rings (SSSR count). The van der Waals surface area contributed by atoms with E-state index in [-0.39, 0.29) is 21.6 Å². The van der Waals surface area contributed by atoms with Crippen LogP contribution >= 0.6 is 35.0 Å². The van der Waals surface area contributed by atoms with Gasteiger partial charge in [0.1, 0.15) is 0 Å². The van der Waals surface area contributed by atoms with Crippen molar-refractivity contribution >= 4 is 52.5 Å². The number of rotatable bonds is 5. The lowest BCUT2D eigenvalue weighted by Crippen LogP contribution is -2.52. The van der Waals surface area contributed by atoms with Crippen LogP contribution in [0.2, 0.25) is 10.0 Å². The Morgan fingerprint density at radius 2 is 1.60 bits per heavy atom. The lowest BCUT2D eigenvalue weighted by Gasteiger charge is -2.25. The van der Waals surface area contributed by atoms with Gasteiger partial charge in [-0.05, 0) is 43.3 Å². The number of carbonyl (C=O) groups is 2. The Labute approximate surface area is 185 Å². The number of benzene rings is 2. The van der Waals surface area contributed by atoms with E-state index in [1.807, 2.05) is 5.32 Å². The van der Waals surface area contributed by atoms with Crippen LogP contribution in [0, 0.1) is 0 Å². The number of carbonyl (C=O) groups excluding carboxylic acids is 2. The van der Waals surface area contributed by atoms with Gasteiger partial charge >= 0.3 is 6.18 Å². The summed E-state index contributed by atoms with van der Waals surface area (Å²) in [7, 11) is 3.28. The van der Waals surface area contributed by atoms with Gasteiger partial charge in [0.05, 0.1) is 15.7 Å². The van der Waals surface area contributed by atoms with Gasteiger partial charge in [0.15, 0.2) is 0 Å². The maximum atomic E-state index is 12.8. The molecule has 1 unspecified atom stereocenters. The Morgan fingerprint density at radius 1 is 1.03 bits per heavy atom. The average Bonchev–Trinajstić information content (AvgIpc) is 2.66. The van der Waals surface area contributed by atoms with Crippen LogP contribution in [0.1, 0.15) is 17.3 Å². The van der Waals surface area contributed by atoms with Gasteiger partial charge in [0.2, 0.25) is 5.60 Å². The van der Waals surface area contributed by atoms with E-state index in [0.717, 1.165) is 4.90 Å². The number of amides is 2. The third-order valence-electron chi connectivity index (χ3n) is 4.02. The Balaban J connectivity index is 2.21. The van der Waals surface area contributed by atoms with Crippen LogP contribution in [0.15, 0.2) is 46.2 Å².